The van der Waals surface area contributed by atoms with Crippen LogP contribution in [-0.2, 0) is 6.54 Å². The van der Waals surface area contributed by atoms with Crippen molar-refractivity contribution in [1.82, 2.24) is 15.2 Å². The normalized spacial score (nSPS) is 10.5. The molecule has 0 saturated heterocycles. The van der Waals surface area contributed by atoms with Crippen LogP contribution in [0.2, 0.25) is 0 Å². The summed E-state index contributed by atoms with van der Waals surface area (Å²) in [5.74, 6) is 1.03. The zero-order valence-corrected chi connectivity index (χ0v) is 12.8. The Balaban J connectivity index is 1.77. The number of aromatic nitrogens is 3. The molecule has 0 aliphatic heterocycles. The first-order valence-corrected chi connectivity index (χ1v) is 7.54. The summed E-state index contributed by atoms with van der Waals surface area (Å²) >= 11 is 1.50. The minimum atomic E-state index is -0.680. The number of hydrogen-bond donors (Lipinski definition) is 2. The molecule has 24 heavy (non-hydrogen) atoms. The van der Waals surface area contributed by atoms with Crippen LogP contribution in [-0.4, -0.2) is 25.0 Å². The van der Waals surface area contributed by atoms with Crippen molar-refractivity contribution in [3.05, 3.63) is 61.8 Å². The highest BCUT2D eigenvalue weighted by atomic mass is 32.1. The molecule has 0 amide bonds. The topological polar surface area (TPSA) is 140 Å². The largest absolute Gasteiger partial charge is 0.372 e. The van der Waals surface area contributed by atoms with Crippen molar-refractivity contribution in [3.63, 3.8) is 0 Å². The van der Waals surface area contributed by atoms with Gasteiger partial charge in [0.05, 0.1) is 27.3 Å². The average molecular weight is 346 g/mol. The molecule has 0 saturated carbocycles. The molecule has 0 spiro atoms. The van der Waals surface area contributed by atoms with Gasteiger partial charge in [0.1, 0.15) is 11.5 Å². The van der Waals surface area contributed by atoms with Crippen molar-refractivity contribution in [2.45, 2.75) is 6.54 Å². The summed E-state index contributed by atoms with van der Waals surface area (Å²) in [6.07, 6.45) is 0. The van der Waals surface area contributed by atoms with Gasteiger partial charge in [-0.05, 0) is 17.5 Å². The molecule has 0 radical (unpaired) electrons. The quantitative estimate of drug-likeness (QED) is 0.516. The summed E-state index contributed by atoms with van der Waals surface area (Å²) in [6.45, 7) is 0.164. The van der Waals surface area contributed by atoms with E-state index in [0.717, 1.165) is 10.9 Å². The number of nitro groups is 2. The lowest BCUT2D eigenvalue weighted by atomic mass is 10.2. The Morgan fingerprint density at radius 1 is 1.21 bits per heavy atom. The van der Waals surface area contributed by atoms with Crippen LogP contribution < -0.4 is 5.32 Å². The van der Waals surface area contributed by atoms with Gasteiger partial charge < -0.3 is 5.32 Å². The smallest absolute Gasteiger partial charge is 0.299 e. The van der Waals surface area contributed by atoms with E-state index in [1.54, 1.807) is 0 Å². The maximum absolute atomic E-state index is 11.1. The van der Waals surface area contributed by atoms with Gasteiger partial charge in [0.15, 0.2) is 5.82 Å². The number of anilines is 1. The summed E-state index contributed by atoms with van der Waals surface area (Å²) in [6, 6.07) is 7.18. The van der Waals surface area contributed by atoms with Crippen LogP contribution in [0.3, 0.4) is 0 Å². The number of nitrogens with one attached hydrogen (secondary N) is 2. The Hall–Kier alpha value is -3.34. The van der Waals surface area contributed by atoms with Gasteiger partial charge in [0, 0.05) is 6.07 Å². The first-order chi connectivity index (χ1) is 11.5. The van der Waals surface area contributed by atoms with E-state index in [1.807, 2.05) is 17.5 Å². The standard InChI is InChI=1S/C13H10N6O4S/c20-18(21)8-3-4-9(10(6-8)19(22)23)14-7-12-15-13(17-16-12)11-2-1-5-24-11/h1-6,14H,7H2,(H,15,16,17). The predicted molar refractivity (Wildman–Crippen MR) is 86.8 cm³/mol. The molecule has 3 aromatic rings. The Kier molecular flexibility index (Phi) is 4.16. The van der Waals surface area contributed by atoms with E-state index in [0.29, 0.717) is 11.6 Å². The summed E-state index contributed by atoms with van der Waals surface area (Å²) in [7, 11) is 0. The Morgan fingerprint density at radius 2 is 2.04 bits per heavy atom. The maximum Gasteiger partial charge on any atom is 0.299 e. The van der Waals surface area contributed by atoms with Gasteiger partial charge >= 0.3 is 0 Å². The Labute approximate surface area is 138 Å². The molecule has 2 aromatic heterocycles. The molecule has 0 unspecified atom stereocenters. The van der Waals surface area contributed by atoms with Crippen LogP contribution in [0.1, 0.15) is 5.82 Å². The van der Waals surface area contributed by atoms with E-state index >= 15 is 0 Å². The molecular weight excluding hydrogens is 336 g/mol. The lowest BCUT2D eigenvalue weighted by molar-refractivity contribution is -0.393. The van der Waals surface area contributed by atoms with Gasteiger partial charge in [-0.15, -0.1) is 11.3 Å². The number of non-ortho nitro benzene ring substituents is 1. The van der Waals surface area contributed by atoms with Gasteiger partial charge in [-0.3, -0.25) is 25.3 Å². The molecule has 122 valence electrons. The maximum atomic E-state index is 11.1. The van der Waals surface area contributed by atoms with Crippen LogP contribution >= 0.6 is 11.3 Å². The van der Waals surface area contributed by atoms with E-state index in [2.05, 4.69) is 20.5 Å². The number of benzene rings is 1. The molecule has 1 aromatic carbocycles. The number of nitrogens with zero attached hydrogens (tertiary/aromatic N) is 4. The molecule has 2 N–H and O–H groups in total. The molecule has 11 heteroatoms. The number of rotatable bonds is 6. The second-order valence-electron chi connectivity index (χ2n) is 4.65. The van der Waals surface area contributed by atoms with Gasteiger partial charge in [-0.1, -0.05) is 6.07 Å². The van der Waals surface area contributed by atoms with E-state index in [-0.39, 0.29) is 23.6 Å². The van der Waals surface area contributed by atoms with Crippen LogP contribution in [0.25, 0.3) is 10.7 Å². The van der Waals surface area contributed by atoms with Crippen LogP contribution in [0.4, 0.5) is 17.1 Å². The fourth-order valence-electron chi connectivity index (χ4n) is 2.00. The lowest BCUT2D eigenvalue weighted by Gasteiger charge is -2.04. The van der Waals surface area contributed by atoms with Crippen LogP contribution in [0, 0.1) is 20.2 Å². The second kappa shape index (κ2) is 6.42. The van der Waals surface area contributed by atoms with Crippen LogP contribution in [0.15, 0.2) is 35.7 Å². The Morgan fingerprint density at radius 3 is 2.71 bits per heavy atom. The summed E-state index contributed by atoms with van der Waals surface area (Å²) in [5.41, 5.74) is -0.547. The highest BCUT2D eigenvalue weighted by molar-refractivity contribution is 7.13. The second-order valence-corrected chi connectivity index (χ2v) is 5.60. The molecule has 10 nitrogen and oxygen atoms in total. The predicted octanol–water partition coefficient (Wildman–Crippen LogP) is 2.96. The molecule has 0 aliphatic carbocycles. The molecule has 0 aliphatic rings. The van der Waals surface area contributed by atoms with Crippen molar-refractivity contribution in [2.75, 3.05) is 5.32 Å². The van der Waals surface area contributed by atoms with Gasteiger partial charge in [-0.2, -0.15) is 5.10 Å². The minimum absolute atomic E-state index is 0.164. The first-order valence-electron chi connectivity index (χ1n) is 6.66. The molecule has 0 fully saturated rings. The van der Waals surface area contributed by atoms with Crippen molar-refractivity contribution < 1.29 is 9.85 Å². The van der Waals surface area contributed by atoms with E-state index in [4.69, 9.17) is 0 Å². The fourth-order valence-corrected chi connectivity index (χ4v) is 2.66. The fraction of sp³-hybridized carbons (Fsp3) is 0.0769. The highest BCUT2D eigenvalue weighted by Gasteiger charge is 2.19. The van der Waals surface area contributed by atoms with Gasteiger partial charge in [-0.25, -0.2) is 4.98 Å². The molecule has 2 heterocycles. The van der Waals surface area contributed by atoms with Crippen molar-refractivity contribution >= 4 is 28.4 Å². The number of thiophene rings is 1. The van der Waals surface area contributed by atoms with E-state index < -0.39 is 9.85 Å². The summed E-state index contributed by atoms with van der Waals surface area (Å²) in [5, 5.41) is 33.4. The minimum Gasteiger partial charge on any atom is -0.372 e. The third-order valence-corrected chi connectivity index (χ3v) is 3.97. The van der Waals surface area contributed by atoms with E-state index in [9.17, 15) is 20.2 Å². The van der Waals surface area contributed by atoms with E-state index in [1.165, 1.54) is 23.5 Å². The van der Waals surface area contributed by atoms with Crippen molar-refractivity contribution in [3.8, 4) is 10.7 Å². The van der Waals surface area contributed by atoms with Crippen molar-refractivity contribution in [1.29, 1.82) is 0 Å². The summed E-state index contributed by atoms with van der Waals surface area (Å²) in [4.78, 5) is 25.6. The third-order valence-electron chi connectivity index (χ3n) is 3.11. The molecular formula is C13H10N6O4S. The zero-order chi connectivity index (χ0) is 17.1. The SMILES string of the molecule is O=[N+]([O-])c1ccc(NCc2nc(-c3cccs3)n[nH]2)c([N+](=O)[O-])c1. The Bertz CT molecular complexity index is 892. The van der Waals surface area contributed by atoms with Gasteiger partial charge in [0.25, 0.3) is 11.4 Å². The van der Waals surface area contributed by atoms with Crippen LogP contribution in [0.5, 0.6) is 0 Å². The number of hydrogen-bond acceptors (Lipinski definition) is 8. The lowest BCUT2D eigenvalue weighted by Crippen LogP contribution is -2.04. The monoisotopic (exact) mass is 346 g/mol. The number of aromatic amines is 1. The average Bonchev–Trinajstić information content (AvgIpc) is 3.23. The molecule has 3 rings (SSSR count). The first kappa shape index (κ1) is 15.6. The zero-order valence-electron chi connectivity index (χ0n) is 12.0. The number of H-pyrrole nitrogens is 1. The van der Waals surface area contributed by atoms with Gasteiger partial charge in [0.2, 0.25) is 0 Å². The highest BCUT2D eigenvalue weighted by Crippen LogP contribution is 2.29. The molecule has 0 bridgehead atoms. The van der Waals surface area contributed by atoms with Crippen molar-refractivity contribution in [2.24, 2.45) is 0 Å². The summed E-state index contributed by atoms with van der Waals surface area (Å²) < 4.78 is 0. The number of nitro benzene ring substituents is 2. The molecule has 0 atom stereocenters. The third kappa shape index (κ3) is 3.20.